The zero-order valence-corrected chi connectivity index (χ0v) is 15.6. The Labute approximate surface area is 160 Å². The van der Waals surface area contributed by atoms with Gasteiger partial charge in [-0.3, -0.25) is 29.8 Å². The van der Waals surface area contributed by atoms with Crippen molar-refractivity contribution in [2.45, 2.75) is 0 Å². The van der Waals surface area contributed by atoms with E-state index < -0.39 is 55.0 Å². The van der Waals surface area contributed by atoms with E-state index in [1.165, 1.54) is 0 Å². The molecule has 0 heterocycles. The Kier molecular flexibility index (Phi) is 4.04. The molecule has 3 rings (SSSR count). The molecule has 1 aliphatic carbocycles. The van der Waals surface area contributed by atoms with E-state index in [9.17, 15) is 29.8 Å². The molecule has 4 N–H and O–H groups in total. The number of carbonyl (C=O) groups is 2. The van der Waals surface area contributed by atoms with Crippen LogP contribution in [0, 0.1) is 20.2 Å². The van der Waals surface area contributed by atoms with Crippen molar-refractivity contribution in [1.29, 1.82) is 0 Å². The summed E-state index contributed by atoms with van der Waals surface area (Å²) in [6, 6.07) is 2.09. The second kappa shape index (κ2) is 5.85. The molecule has 0 saturated carbocycles. The van der Waals surface area contributed by atoms with Gasteiger partial charge in [0.2, 0.25) is 5.78 Å². The SMILES string of the molecule is Nc1cc(Br)c([N+](=O)[O-])c2c1C(=O)c1c(N)c(Br)cc([N+](=O)[O-])c1C2=O. The van der Waals surface area contributed by atoms with E-state index >= 15 is 0 Å². The lowest BCUT2D eigenvalue weighted by Crippen LogP contribution is -2.26. The molecule has 0 bridgehead atoms. The van der Waals surface area contributed by atoms with Gasteiger partial charge in [-0.25, -0.2) is 0 Å². The Balaban J connectivity index is 2.54. The number of halogens is 2. The monoisotopic (exact) mass is 484 g/mol. The number of hydrogen-bond acceptors (Lipinski definition) is 8. The summed E-state index contributed by atoms with van der Waals surface area (Å²) in [5, 5.41) is 22.8. The Morgan fingerprint density at radius 3 is 1.92 bits per heavy atom. The topological polar surface area (TPSA) is 172 Å². The molecule has 0 fully saturated rings. The van der Waals surface area contributed by atoms with Crippen LogP contribution in [0.1, 0.15) is 31.8 Å². The van der Waals surface area contributed by atoms with Crippen LogP contribution in [-0.2, 0) is 0 Å². The number of benzene rings is 2. The van der Waals surface area contributed by atoms with Crippen LogP contribution >= 0.6 is 31.9 Å². The number of nitro groups is 2. The van der Waals surface area contributed by atoms with Crippen LogP contribution in [0.15, 0.2) is 21.1 Å². The van der Waals surface area contributed by atoms with Crippen molar-refractivity contribution in [3.8, 4) is 0 Å². The first-order valence-electron chi connectivity index (χ1n) is 6.70. The summed E-state index contributed by atoms with van der Waals surface area (Å²) in [7, 11) is 0. The molecule has 10 nitrogen and oxygen atoms in total. The average Bonchev–Trinajstić information content (AvgIpc) is 2.53. The summed E-state index contributed by atoms with van der Waals surface area (Å²) in [4.78, 5) is 46.9. The highest BCUT2D eigenvalue weighted by Gasteiger charge is 2.44. The molecule has 0 aliphatic heterocycles. The van der Waals surface area contributed by atoms with Crippen LogP contribution in [0.2, 0.25) is 0 Å². The summed E-state index contributed by atoms with van der Waals surface area (Å²) < 4.78 is -0.0891. The molecule has 0 amide bonds. The second-order valence-electron chi connectivity index (χ2n) is 5.26. The van der Waals surface area contributed by atoms with Crippen LogP contribution in [0.3, 0.4) is 0 Å². The molecular formula is C14H6Br2N4O6. The maximum absolute atomic E-state index is 13.0. The first kappa shape index (κ1) is 17.9. The lowest BCUT2D eigenvalue weighted by molar-refractivity contribution is -0.386. The summed E-state index contributed by atoms with van der Waals surface area (Å²) in [6.45, 7) is 0. The Hall–Kier alpha value is -2.86. The standard InChI is InChI=1S/C14H6Br2N4O6/c15-3-2-6(19(23)24)8-9(11(3)18)13(21)7-5(17)1-4(16)12(20(25)26)10(7)14(8)22/h1-2H,17-18H2. The number of fused-ring (bicyclic) bond motifs is 2. The van der Waals surface area contributed by atoms with E-state index in [0.717, 1.165) is 12.1 Å². The van der Waals surface area contributed by atoms with Gasteiger partial charge in [-0.05, 0) is 37.9 Å². The van der Waals surface area contributed by atoms with Gasteiger partial charge in [0, 0.05) is 16.2 Å². The quantitative estimate of drug-likeness (QED) is 0.316. The van der Waals surface area contributed by atoms with Crippen molar-refractivity contribution in [3.63, 3.8) is 0 Å². The van der Waals surface area contributed by atoms with Crippen molar-refractivity contribution in [2.75, 3.05) is 11.5 Å². The third-order valence-electron chi connectivity index (χ3n) is 3.87. The van der Waals surface area contributed by atoms with Crippen molar-refractivity contribution >= 4 is 66.2 Å². The zero-order chi connectivity index (χ0) is 19.5. The van der Waals surface area contributed by atoms with Crippen LogP contribution < -0.4 is 11.5 Å². The largest absolute Gasteiger partial charge is 0.398 e. The van der Waals surface area contributed by atoms with Gasteiger partial charge >= 0.3 is 0 Å². The molecule has 0 aromatic heterocycles. The van der Waals surface area contributed by atoms with Gasteiger partial charge in [-0.1, -0.05) is 0 Å². The van der Waals surface area contributed by atoms with E-state index in [-0.39, 0.29) is 20.3 Å². The van der Waals surface area contributed by atoms with Crippen LogP contribution in [0.4, 0.5) is 22.7 Å². The van der Waals surface area contributed by atoms with Crippen molar-refractivity contribution in [3.05, 3.63) is 63.6 Å². The molecule has 0 atom stereocenters. The van der Waals surface area contributed by atoms with Gasteiger partial charge in [0.15, 0.2) is 5.78 Å². The average molecular weight is 486 g/mol. The summed E-state index contributed by atoms with van der Waals surface area (Å²) in [5.74, 6) is -1.97. The van der Waals surface area contributed by atoms with E-state index in [0.29, 0.717) is 0 Å². The molecule has 0 radical (unpaired) electrons. The van der Waals surface area contributed by atoms with Gasteiger partial charge in [0.05, 0.1) is 31.1 Å². The number of carbonyl (C=O) groups excluding carboxylic acids is 2. The van der Waals surface area contributed by atoms with Crippen LogP contribution in [0.5, 0.6) is 0 Å². The molecule has 2 aromatic rings. The number of nitrogens with zero attached hydrogens (tertiary/aromatic N) is 2. The summed E-state index contributed by atoms with van der Waals surface area (Å²) in [5.41, 5.74) is 7.82. The van der Waals surface area contributed by atoms with Crippen molar-refractivity contribution in [2.24, 2.45) is 0 Å². The Morgan fingerprint density at radius 1 is 0.808 bits per heavy atom. The minimum atomic E-state index is -1.07. The third kappa shape index (κ3) is 2.29. The number of nitro benzene ring substituents is 2. The number of anilines is 2. The Bertz CT molecular complexity index is 1080. The van der Waals surface area contributed by atoms with Gasteiger partial charge in [-0.15, -0.1) is 0 Å². The third-order valence-corrected chi connectivity index (χ3v) is 5.13. The van der Waals surface area contributed by atoms with Crippen LogP contribution in [0.25, 0.3) is 0 Å². The van der Waals surface area contributed by atoms with Gasteiger partial charge in [-0.2, -0.15) is 0 Å². The predicted octanol–water partition coefficient (Wildman–Crippen LogP) is 2.97. The molecule has 1 aliphatic rings. The summed E-state index contributed by atoms with van der Waals surface area (Å²) in [6.07, 6.45) is 0. The highest BCUT2D eigenvalue weighted by atomic mass is 79.9. The molecule has 12 heteroatoms. The highest BCUT2D eigenvalue weighted by molar-refractivity contribution is 9.11. The van der Waals surface area contributed by atoms with E-state index in [1.54, 1.807) is 0 Å². The Morgan fingerprint density at radius 2 is 1.38 bits per heavy atom. The molecule has 0 spiro atoms. The fraction of sp³-hybridized carbons (Fsp3) is 0. The summed E-state index contributed by atoms with van der Waals surface area (Å²) >= 11 is 5.95. The second-order valence-corrected chi connectivity index (χ2v) is 6.97. The van der Waals surface area contributed by atoms with Gasteiger partial charge < -0.3 is 11.5 Å². The van der Waals surface area contributed by atoms with Gasteiger partial charge in [0.1, 0.15) is 11.1 Å². The maximum atomic E-state index is 13.0. The number of nitrogens with two attached hydrogens (primary N) is 2. The fourth-order valence-corrected chi connectivity index (χ4v) is 3.82. The minimum Gasteiger partial charge on any atom is -0.398 e. The smallest absolute Gasteiger partial charge is 0.295 e. The molecule has 26 heavy (non-hydrogen) atoms. The van der Waals surface area contributed by atoms with Gasteiger partial charge in [0.25, 0.3) is 11.4 Å². The maximum Gasteiger partial charge on any atom is 0.295 e. The molecule has 0 saturated heterocycles. The molecule has 0 unspecified atom stereocenters. The first-order chi connectivity index (χ1) is 12.1. The highest BCUT2D eigenvalue weighted by Crippen LogP contribution is 2.45. The molecule has 2 aromatic carbocycles. The molecule has 132 valence electrons. The lowest BCUT2D eigenvalue weighted by atomic mass is 9.81. The molecular weight excluding hydrogens is 480 g/mol. The number of hydrogen-bond donors (Lipinski definition) is 2. The zero-order valence-electron chi connectivity index (χ0n) is 12.4. The number of rotatable bonds is 2. The minimum absolute atomic E-state index is 0.0396. The number of ketones is 2. The van der Waals surface area contributed by atoms with Crippen molar-refractivity contribution < 1.29 is 19.4 Å². The predicted molar refractivity (Wildman–Crippen MR) is 97.3 cm³/mol. The fourth-order valence-electron chi connectivity index (χ4n) is 2.82. The normalized spacial score (nSPS) is 12.5. The van der Waals surface area contributed by atoms with Crippen LogP contribution in [-0.4, -0.2) is 21.4 Å². The van der Waals surface area contributed by atoms with E-state index in [1.807, 2.05) is 0 Å². The first-order valence-corrected chi connectivity index (χ1v) is 8.28. The van der Waals surface area contributed by atoms with E-state index in [2.05, 4.69) is 31.9 Å². The number of nitrogen functional groups attached to an aromatic ring is 2. The lowest BCUT2D eigenvalue weighted by Gasteiger charge is -2.21. The van der Waals surface area contributed by atoms with Crippen molar-refractivity contribution in [1.82, 2.24) is 0 Å². The van der Waals surface area contributed by atoms with E-state index in [4.69, 9.17) is 11.5 Å².